The average Bonchev–Trinajstić information content (AvgIpc) is 3.14. The maximum atomic E-state index is 11.4. The zero-order chi connectivity index (χ0) is 39.8. The maximum Gasteiger partial charge on any atom is 0.490 e. The monoisotopic (exact) mass is 756 g/mol. The molecule has 54 heavy (non-hydrogen) atoms. The minimum Gasteiger partial charge on any atom is -0.489 e. The van der Waals surface area contributed by atoms with Gasteiger partial charge in [-0.1, -0.05) is 56.3 Å². The highest BCUT2D eigenvalue weighted by Gasteiger charge is 2.48. The fraction of sp³-hybridized carbons (Fsp3) is 0.289. The molecule has 1 aliphatic heterocycles. The Morgan fingerprint density at radius 2 is 1.19 bits per heavy atom. The Balaban J connectivity index is 0.000000845. The van der Waals surface area contributed by atoms with Gasteiger partial charge < -0.3 is 50.2 Å². The zero-order valence-corrected chi connectivity index (χ0v) is 28.9. The number of aliphatic carboxylic acids is 2. The van der Waals surface area contributed by atoms with Gasteiger partial charge in [0.25, 0.3) is 0 Å². The number of carboxylic acid groups (broad SMARTS) is 2. The van der Waals surface area contributed by atoms with Crippen LogP contribution in [0.25, 0.3) is 0 Å². The van der Waals surface area contributed by atoms with Crippen molar-refractivity contribution in [3.8, 4) is 17.2 Å². The molecule has 1 saturated heterocycles. The third-order valence-electron chi connectivity index (χ3n) is 8.43. The number of halogens is 3. The van der Waals surface area contributed by atoms with Crippen LogP contribution in [-0.2, 0) is 33.0 Å². The van der Waals surface area contributed by atoms with Crippen molar-refractivity contribution in [3.05, 3.63) is 125 Å². The Bertz CT molecular complexity index is 1890. The molecule has 4 aromatic carbocycles. The molecular weight excluding hydrogens is 717 g/mol. The Hall–Kier alpha value is -5.68. The van der Waals surface area contributed by atoms with Crippen LogP contribution in [0.1, 0.15) is 41.7 Å². The number of nitrogens with one attached hydrogen (secondary N) is 1. The lowest BCUT2D eigenvalue weighted by Gasteiger charge is -2.38. The Labute approximate surface area is 307 Å². The van der Waals surface area contributed by atoms with Crippen molar-refractivity contribution in [1.29, 1.82) is 5.41 Å². The summed E-state index contributed by atoms with van der Waals surface area (Å²) in [6.45, 7) is 4.92. The fourth-order valence-corrected chi connectivity index (χ4v) is 5.24. The van der Waals surface area contributed by atoms with Crippen molar-refractivity contribution in [3.63, 3.8) is 0 Å². The number of nitrogen functional groups attached to an aromatic ring is 1. The van der Waals surface area contributed by atoms with E-state index in [4.69, 9.17) is 40.0 Å². The van der Waals surface area contributed by atoms with E-state index in [1.165, 1.54) is 0 Å². The van der Waals surface area contributed by atoms with Gasteiger partial charge >= 0.3 is 18.1 Å². The first-order chi connectivity index (χ1) is 25.4. The number of ether oxygens (including phenoxy) is 4. The molecule has 1 fully saturated rings. The van der Waals surface area contributed by atoms with Gasteiger partial charge in [-0.15, -0.1) is 0 Å². The molecule has 0 amide bonds. The standard InChI is InChI=1S/C36H38N2O9.C2HF3O2/c1-36(2,25-10-16-28(17-11-25)46-35-31(41)29(39)30(40)32(47-35)34(42)43)24-8-14-27(15-9-24)45-20-22-5-3-4-21(18-22)19-44-26-12-6-23(7-13-26)33(37)38;3-2(4,5)1(6)7/h3-18,29-32,35,39-41H,19-20H2,1-2H3,(H3,37,38)(H,42,43);(H,6,7)/t29-,30-,31+,32-,35+;/m0./s1. The van der Waals surface area contributed by atoms with Crippen molar-refractivity contribution in [2.24, 2.45) is 5.73 Å². The number of amidine groups is 1. The second kappa shape index (κ2) is 17.4. The summed E-state index contributed by atoms with van der Waals surface area (Å²) in [6, 6.07) is 30.0. The van der Waals surface area contributed by atoms with Gasteiger partial charge in [-0.05, 0) is 76.9 Å². The molecule has 0 spiro atoms. The van der Waals surface area contributed by atoms with Crippen LogP contribution >= 0.6 is 0 Å². The summed E-state index contributed by atoms with van der Waals surface area (Å²) in [5.41, 5.74) is 9.77. The van der Waals surface area contributed by atoms with Crippen molar-refractivity contribution in [1.82, 2.24) is 0 Å². The number of hydrogen-bond donors (Lipinski definition) is 7. The lowest BCUT2D eigenvalue weighted by molar-refractivity contribution is -0.271. The number of rotatable bonds is 12. The quantitative estimate of drug-likeness (QED) is 0.0792. The molecule has 13 nitrogen and oxygen atoms in total. The van der Waals surface area contributed by atoms with Gasteiger partial charge in [0, 0.05) is 11.0 Å². The fourth-order valence-electron chi connectivity index (χ4n) is 5.24. The van der Waals surface area contributed by atoms with E-state index in [0.29, 0.717) is 30.3 Å². The molecule has 4 aromatic rings. The van der Waals surface area contributed by atoms with Gasteiger partial charge in [0.05, 0.1) is 0 Å². The topological polar surface area (TPSA) is 222 Å². The van der Waals surface area contributed by atoms with Crippen molar-refractivity contribution >= 4 is 17.8 Å². The van der Waals surface area contributed by atoms with Crippen molar-refractivity contribution in [2.45, 2.75) is 69.4 Å². The number of alkyl halides is 3. The summed E-state index contributed by atoms with van der Waals surface area (Å²) in [6.07, 6.45) is -13.5. The predicted molar refractivity (Wildman–Crippen MR) is 186 cm³/mol. The lowest BCUT2D eigenvalue weighted by atomic mass is 9.78. The van der Waals surface area contributed by atoms with Crippen LogP contribution in [0, 0.1) is 5.41 Å². The third kappa shape index (κ3) is 10.7. The number of carboxylic acids is 2. The molecule has 16 heteroatoms. The van der Waals surface area contributed by atoms with E-state index in [0.717, 1.165) is 28.0 Å². The van der Waals surface area contributed by atoms with Gasteiger partial charge in [0.1, 0.15) is 54.6 Å². The summed E-state index contributed by atoms with van der Waals surface area (Å²) in [5.74, 6) is -2.51. The van der Waals surface area contributed by atoms with Crippen molar-refractivity contribution < 1.29 is 67.2 Å². The number of aliphatic hydroxyl groups excluding tert-OH is 3. The van der Waals surface area contributed by atoms with Crippen LogP contribution in [0.5, 0.6) is 17.2 Å². The summed E-state index contributed by atoms with van der Waals surface area (Å²) < 4.78 is 54.5. The van der Waals surface area contributed by atoms with Gasteiger partial charge in [-0.25, -0.2) is 9.59 Å². The summed E-state index contributed by atoms with van der Waals surface area (Å²) in [5, 5.41) is 54.0. The number of hydrogen-bond acceptors (Lipinski definition) is 10. The van der Waals surface area contributed by atoms with Crippen LogP contribution in [0.3, 0.4) is 0 Å². The number of aliphatic hydroxyl groups is 3. The average molecular weight is 757 g/mol. The molecule has 0 unspecified atom stereocenters. The first kappa shape index (κ1) is 41.1. The van der Waals surface area contributed by atoms with Crippen LogP contribution in [0.4, 0.5) is 13.2 Å². The maximum absolute atomic E-state index is 11.4. The van der Waals surface area contributed by atoms with Crippen LogP contribution in [0.2, 0.25) is 0 Å². The molecule has 5 rings (SSSR count). The Morgan fingerprint density at radius 1 is 0.741 bits per heavy atom. The minimum absolute atomic E-state index is 0.0138. The number of benzene rings is 4. The van der Waals surface area contributed by atoms with Gasteiger partial charge in [-0.3, -0.25) is 5.41 Å². The Morgan fingerprint density at radius 3 is 1.61 bits per heavy atom. The molecule has 288 valence electrons. The van der Waals surface area contributed by atoms with Crippen LogP contribution < -0.4 is 19.9 Å². The normalized spacial score (nSPS) is 19.8. The van der Waals surface area contributed by atoms with E-state index in [2.05, 4.69) is 13.8 Å². The largest absolute Gasteiger partial charge is 0.490 e. The molecular formula is C38H39F3N2O11. The van der Waals surface area contributed by atoms with Gasteiger partial charge in [0.15, 0.2) is 6.10 Å². The number of carbonyl (C=O) groups is 2. The third-order valence-corrected chi connectivity index (χ3v) is 8.43. The summed E-state index contributed by atoms with van der Waals surface area (Å²) >= 11 is 0. The predicted octanol–water partition coefficient (Wildman–Crippen LogP) is 4.36. The zero-order valence-electron chi connectivity index (χ0n) is 28.9. The molecule has 5 atom stereocenters. The molecule has 0 radical (unpaired) electrons. The highest BCUT2D eigenvalue weighted by atomic mass is 19.4. The summed E-state index contributed by atoms with van der Waals surface area (Å²) in [4.78, 5) is 20.3. The molecule has 0 saturated carbocycles. The molecule has 0 aromatic heterocycles. The lowest BCUT2D eigenvalue weighted by Crippen LogP contribution is -2.61. The molecule has 8 N–H and O–H groups in total. The molecule has 0 bridgehead atoms. The second-order valence-corrected chi connectivity index (χ2v) is 12.7. The van der Waals surface area contributed by atoms with Gasteiger partial charge in [-0.2, -0.15) is 13.2 Å². The van der Waals surface area contributed by atoms with E-state index in [-0.39, 0.29) is 5.84 Å². The SMILES string of the molecule is CC(C)(c1ccc(OCc2cccc(COc3ccc(C(=N)N)cc3)c2)cc1)c1ccc(O[C@@H]2O[C@H](C(=O)O)[C@@H](O)[C@H](O)[C@H]2O)cc1.O=C(O)C(F)(F)F. The first-order valence-corrected chi connectivity index (χ1v) is 16.2. The molecule has 0 aliphatic carbocycles. The highest BCUT2D eigenvalue weighted by molar-refractivity contribution is 5.94. The van der Waals surface area contributed by atoms with E-state index >= 15 is 0 Å². The van der Waals surface area contributed by atoms with Crippen molar-refractivity contribution in [2.75, 3.05) is 0 Å². The summed E-state index contributed by atoms with van der Waals surface area (Å²) in [7, 11) is 0. The van der Waals surface area contributed by atoms with Crippen LogP contribution in [-0.4, -0.2) is 80.2 Å². The van der Waals surface area contributed by atoms with E-state index in [1.54, 1.807) is 36.4 Å². The second-order valence-electron chi connectivity index (χ2n) is 12.7. The molecule has 1 heterocycles. The first-order valence-electron chi connectivity index (χ1n) is 16.2. The van der Waals surface area contributed by atoms with Gasteiger partial charge in [0.2, 0.25) is 6.29 Å². The van der Waals surface area contributed by atoms with E-state index < -0.39 is 54.2 Å². The minimum atomic E-state index is -5.08. The smallest absolute Gasteiger partial charge is 0.489 e. The highest BCUT2D eigenvalue weighted by Crippen LogP contribution is 2.34. The Kier molecular flexibility index (Phi) is 13.3. The van der Waals surface area contributed by atoms with Crippen LogP contribution in [0.15, 0.2) is 97.1 Å². The van der Waals surface area contributed by atoms with E-state index in [9.17, 15) is 38.4 Å². The molecule has 1 aliphatic rings. The van der Waals surface area contributed by atoms with E-state index in [1.807, 2.05) is 60.7 Å². The number of nitrogens with two attached hydrogens (primary N) is 1.